The standard InChI is InChI=1S/C12H18P2Si/c1-9(2)13-11-7-5-6-8-12(11)14(15-13)10(3)4/h5-10H,1-4H3. The summed E-state index contributed by atoms with van der Waals surface area (Å²) in [6.45, 7) is 9.59. The topological polar surface area (TPSA) is 0 Å². The minimum Gasteiger partial charge on any atom is -0.0828 e. The van der Waals surface area contributed by atoms with Gasteiger partial charge in [0, 0.05) is 0 Å². The van der Waals surface area contributed by atoms with E-state index in [9.17, 15) is 0 Å². The minimum absolute atomic E-state index is 0.165. The summed E-state index contributed by atoms with van der Waals surface area (Å²) in [5.41, 5.74) is 1.73. The molecule has 0 saturated carbocycles. The van der Waals surface area contributed by atoms with E-state index in [0.717, 1.165) is 11.3 Å². The van der Waals surface area contributed by atoms with Gasteiger partial charge < -0.3 is 0 Å². The maximum absolute atomic E-state index is 2.40. The summed E-state index contributed by atoms with van der Waals surface area (Å²) in [6, 6.07) is 9.22. The van der Waals surface area contributed by atoms with E-state index in [2.05, 4.69) is 52.0 Å². The normalized spacial score (nSPS) is 24.9. The lowest BCUT2D eigenvalue weighted by molar-refractivity contribution is 1.11. The smallest absolute Gasteiger partial charge is 0.0828 e. The quantitative estimate of drug-likeness (QED) is 0.560. The molecule has 1 aromatic carbocycles. The van der Waals surface area contributed by atoms with E-state index in [1.807, 2.05) is 0 Å². The van der Waals surface area contributed by atoms with Crippen LogP contribution in [-0.4, -0.2) is 20.2 Å². The van der Waals surface area contributed by atoms with Crippen molar-refractivity contribution in [2.45, 2.75) is 39.0 Å². The van der Waals surface area contributed by atoms with Crippen LogP contribution in [0.3, 0.4) is 0 Å². The third kappa shape index (κ3) is 2.21. The monoisotopic (exact) mass is 252 g/mol. The SMILES string of the molecule is CC(C)P1[Si]P(C(C)C)c2ccccc21. The van der Waals surface area contributed by atoms with Crippen LogP contribution in [0.4, 0.5) is 0 Å². The molecule has 0 bridgehead atoms. The zero-order chi connectivity index (χ0) is 11.0. The zero-order valence-corrected chi connectivity index (χ0v) is 12.6. The lowest BCUT2D eigenvalue weighted by Crippen LogP contribution is -2.18. The Kier molecular flexibility index (Phi) is 3.66. The van der Waals surface area contributed by atoms with E-state index in [-0.39, 0.29) is 14.9 Å². The molecule has 15 heavy (non-hydrogen) atoms. The summed E-state index contributed by atoms with van der Waals surface area (Å²) in [7, 11) is 1.55. The predicted molar refractivity (Wildman–Crippen MR) is 75.6 cm³/mol. The lowest BCUT2D eigenvalue weighted by Gasteiger charge is -2.17. The Morgan fingerprint density at radius 1 is 0.867 bits per heavy atom. The molecule has 0 aromatic heterocycles. The van der Waals surface area contributed by atoms with Crippen molar-refractivity contribution in [3.63, 3.8) is 0 Å². The molecule has 1 aliphatic heterocycles. The van der Waals surface area contributed by atoms with Gasteiger partial charge in [-0.25, -0.2) is 0 Å². The average Bonchev–Trinajstić information content (AvgIpc) is 2.56. The number of hydrogen-bond acceptors (Lipinski definition) is 0. The van der Waals surface area contributed by atoms with Gasteiger partial charge in [-0.05, 0) is 21.9 Å². The van der Waals surface area contributed by atoms with Gasteiger partial charge in [0.05, 0.1) is 0 Å². The van der Waals surface area contributed by atoms with Crippen LogP contribution in [0, 0.1) is 0 Å². The van der Waals surface area contributed by atoms with E-state index in [4.69, 9.17) is 0 Å². The van der Waals surface area contributed by atoms with Crippen molar-refractivity contribution < 1.29 is 0 Å². The molecule has 2 unspecified atom stereocenters. The van der Waals surface area contributed by atoms with Crippen LogP contribution in [0.5, 0.6) is 0 Å². The first kappa shape index (κ1) is 11.8. The van der Waals surface area contributed by atoms with Gasteiger partial charge in [0.1, 0.15) is 8.85 Å². The Balaban J connectivity index is 2.39. The van der Waals surface area contributed by atoms with Crippen LogP contribution in [0.2, 0.25) is 0 Å². The highest BCUT2D eigenvalue weighted by Gasteiger charge is 2.33. The largest absolute Gasteiger partial charge is 0.122 e. The van der Waals surface area contributed by atoms with E-state index in [1.54, 1.807) is 10.6 Å². The van der Waals surface area contributed by atoms with Crippen LogP contribution < -0.4 is 10.6 Å². The molecule has 0 spiro atoms. The van der Waals surface area contributed by atoms with Crippen LogP contribution in [0.1, 0.15) is 27.7 Å². The maximum atomic E-state index is 2.40. The van der Waals surface area contributed by atoms with Gasteiger partial charge in [-0.1, -0.05) is 66.9 Å². The molecule has 0 nitrogen and oxygen atoms in total. The summed E-state index contributed by atoms with van der Waals surface area (Å²) in [4.78, 5) is 0. The highest BCUT2D eigenvalue weighted by atomic mass is 31.6. The molecule has 3 heteroatoms. The van der Waals surface area contributed by atoms with Crippen molar-refractivity contribution in [2.75, 3.05) is 0 Å². The van der Waals surface area contributed by atoms with E-state index < -0.39 is 0 Å². The van der Waals surface area contributed by atoms with Gasteiger partial charge in [-0.2, -0.15) is 0 Å². The summed E-state index contributed by atoms with van der Waals surface area (Å²) in [5.74, 6) is 0. The molecule has 0 saturated heterocycles. The molecular weight excluding hydrogens is 234 g/mol. The Morgan fingerprint density at radius 3 is 1.60 bits per heavy atom. The average molecular weight is 252 g/mol. The number of hydrogen-bond donors (Lipinski definition) is 0. The fourth-order valence-electron chi connectivity index (χ4n) is 1.88. The molecule has 2 atom stereocenters. The van der Waals surface area contributed by atoms with Crippen LogP contribution in [-0.2, 0) is 0 Å². The molecule has 2 rings (SSSR count). The van der Waals surface area contributed by atoms with Gasteiger partial charge in [0.15, 0.2) is 0 Å². The van der Waals surface area contributed by atoms with Crippen LogP contribution in [0.25, 0.3) is 0 Å². The molecule has 1 aromatic rings. The third-order valence-electron chi connectivity index (χ3n) is 2.65. The van der Waals surface area contributed by atoms with Gasteiger partial charge in [0.25, 0.3) is 0 Å². The zero-order valence-electron chi connectivity index (χ0n) is 9.86. The van der Waals surface area contributed by atoms with Gasteiger partial charge >= 0.3 is 0 Å². The molecule has 1 aliphatic rings. The summed E-state index contributed by atoms with van der Waals surface area (Å²) >= 11 is 0. The second-order valence-electron chi connectivity index (χ2n) is 4.52. The van der Waals surface area contributed by atoms with Gasteiger partial charge in [0.2, 0.25) is 0 Å². The van der Waals surface area contributed by atoms with E-state index in [0.29, 0.717) is 0 Å². The Hall–Kier alpha value is 0.297. The summed E-state index contributed by atoms with van der Waals surface area (Å²) < 4.78 is 0. The van der Waals surface area contributed by atoms with E-state index >= 15 is 0 Å². The molecule has 0 fully saturated rings. The number of rotatable bonds is 2. The molecule has 2 radical (unpaired) electrons. The number of fused-ring (bicyclic) bond motifs is 1. The van der Waals surface area contributed by atoms with Crippen molar-refractivity contribution in [2.24, 2.45) is 0 Å². The molecule has 0 amide bonds. The first-order valence-electron chi connectivity index (χ1n) is 5.55. The molecule has 80 valence electrons. The van der Waals surface area contributed by atoms with Crippen molar-refractivity contribution >= 4 is 34.4 Å². The highest BCUT2D eigenvalue weighted by Crippen LogP contribution is 2.57. The second-order valence-corrected chi connectivity index (χ2v) is 14.5. The maximum Gasteiger partial charge on any atom is 0.122 e. The van der Waals surface area contributed by atoms with Gasteiger partial charge in [-0.3, -0.25) is 0 Å². The van der Waals surface area contributed by atoms with Crippen molar-refractivity contribution in [3.8, 4) is 0 Å². The Bertz CT molecular complexity index is 316. The fraction of sp³-hybridized carbons (Fsp3) is 0.500. The van der Waals surface area contributed by atoms with Crippen molar-refractivity contribution in [1.29, 1.82) is 0 Å². The first-order valence-corrected chi connectivity index (χ1v) is 11.1. The number of benzene rings is 1. The van der Waals surface area contributed by atoms with Crippen LogP contribution >= 0.6 is 14.9 Å². The first-order chi connectivity index (χ1) is 7.11. The van der Waals surface area contributed by atoms with Crippen molar-refractivity contribution in [3.05, 3.63) is 24.3 Å². The summed E-state index contributed by atoms with van der Waals surface area (Å²) in [5, 5.41) is 3.45. The molecular formula is C12H18P2Si. The Morgan fingerprint density at radius 2 is 1.27 bits per heavy atom. The predicted octanol–water partition coefficient (Wildman–Crippen LogP) is 3.27. The fourth-order valence-corrected chi connectivity index (χ4v) is 18.3. The minimum atomic E-state index is 0.165. The van der Waals surface area contributed by atoms with Crippen LogP contribution in [0.15, 0.2) is 24.3 Å². The lowest BCUT2D eigenvalue weighted by atomic mass is 10.4. The third-order valence-corrected chi connectivity index (χ3v) is 16.9. The highest BCUT2D eigenvalue weighted by molar-refractivity contribution is 8.23. The second kappa shape index (κ2) is 4.66. The molecule has 0 aliphatic carbocycles. The van der Waals surface area contributed by atoms with Gasteiger partial charge in [-0.15, -0.1) is 0 Å². The molecule has 0 N–H and O–H groups in total. The van der Waals surface area contributed by atoms with Crippen molar-refractivity contribution in [1.82, 2.24) is 0 Å². The Labute approximate surface area is 97.9 Å². The van der Waals surface area contributed by atoms with E-state index in [1.165, 1.54) is 8.85 Å². The summed E-state index contributed by atoms with van der Waals surface area (Å²) in [6.07, 6.45) is 0. The molecule has 1 heterocycles.